The number of nitrogens with one attached hydrogen (secondary N) is 2. The van der Waals surface area contributed by atoms with E-state index in [0.29, 0.717) is 13.1 Å². The van der Waals surface area contributed by atoms with Crippen molar-refractivity contribution in [3.8, 4) is 0 Å². The van der Waals surface area contributed by atoms with Gasteiger partial charge in [-0.1, -0.05) is 0 Å². The fourth-order valence-corrected chi connectivity index (χ4v) is 3.34. The third-order valence-corrected chi connectivity index (χ3v) is 4.43. The van der Waals surface area contributed by atoms with Crippen LogP contribution in [0, 0.1) is 0 Å². The number of hydrogen-bond donors (Lipinski definition) is 2. The number of fused-ring (bicyclic) bond motifs is 3. The van der Waals surface area contributed by atoms with Crippen LogP contribution in [0.4, 0.5) is 4.79 Å². The van der Waals surface area contributed by atoms with Crippen molar-refractivity contribution in [2.75, 3.05) is 19.6 Å². The summed E-state index contributed by atoms with van der Waals surface area (Å²) < 4.78 is 0. The number of carbonyl (C=O) groups excluding carboxylic acids is 1. The monoisotopic (exact) mass is 310 g/mol. The molecular formula is C16H18N6O. The molecule has 4 heterocycles. The number of amides is 2. The van der Waals surface area contributed by atoms with Crippen LogP contribution in [0.3, 0.4) is 0 Å². The Kier molecular flexibility index (Phi) is 3.33. The number of nitrogens with zero attached hydrogens (tertiary/aromatic N) is 4. The molecule has 0 spiro atoms. The first-order valence-electron chi connectivity index (χ1n) is 7.87. The number of pyridine rings is 1. The van der Waals surface area contributed by atoms with Gasteiger partial charge in [-0.15, -0.1) is 0 Å². The first-order valence-corrected chi connectivity index (χ1v) is 7.87. The van der Waals surface area contributed by atoms with Crippen LogP contribution in [0.1, 0.15) is 25.0 Å². The molecule has 2 amide bonds. The second kappa shape index (κ2) is 5.49. The molecule has 3 aromatic heterocycles. The lowest BCUT2D eigenvalue weighted by atomic mass is 9.98. The van der Waals surface area contributed by atoms with E-state index >= 15 is 0 Å². The van der Waals surface area contributed by atoms with E-state index in [0.717, 1.165) is 40.5 Å². The quantitative estimate of drug-likeness (QED) is 0.758. The highest BCUT2D eigenvalue weighted by Crippen LogP contribution is 2.33. The second-order valence-electron chi connectivity index (χ2n) is 5.82. The van der Waals surface area contributed by atoms with E-state index in [-0.39, 0.29) is 11.9 Å². The highest BCUT2D eigenvalue weighted by Gasteiger charge is 2.29. The minimum absolute atomic E-state index is 0.00462. The molecule has 0 aliphatic carbocycles. The van der Waals surface area contributed by atoms with Crippen LogP contribution >= 0.6 is 0 Å². The van der Waals surface area contributed by atoms with E-state index in [9.17, 15) is 4.79 Å². The molecule has 118 valence electrons. The molecular weight excluding hydrogens is 292 g/mol. The molecule has 0 saturated carbocycles. The van der Waals surface area contributed by atoms with Gasteiger partial charge < -0.3 is 10.2 Å². The average molecular weight is 310 g/mol. The van der Waals surface area contributed by atoms with Crippen molar-refractivity contribution in [3.63, 3.8) is 0 Å². The predicted octanol–water partition coefficient (Wildman–Crippen LogP) is 2.02. The minimum Gasteiger partial charge on any atom is -0.338 e. The summed E-state index contributed by atoms with van der Waals surface area (Å²) in [6.07, 6.45) is 6.30. The molecule has 1 aliphatic rings. The fraction of sp³-hybridized carbons (Fsp3) is 0.375. The van der Waals surface area contributed by atoms with E-state index in [1.807, 2.05) is 24.1 Å². The van der Waals surface area contributed by atoms with E-state index < -0.39 is 0 Å². The molecule has 0 bridgehead atoms. The van der Waals surface area contributed by atoms with Crippen molar-refractivity contribution in [1.82, 2.24) is 30.4 Å². The normalized spacial score (nSPS) is 18.0. The maximum absolute atomic E-state index is 12.0. The van der Waals surface area contributed by atoms with Gasteiger partial charge in [0.25, 0.3) is 0 Å². The lowest BCUT2D eigenvalue weighted by Crippen LogP contribution is -2.38. The van der Waals surface area contributed by atoms with Crippen molar-refractivity contribution in [2.24, 2.45) is 0 Å². The zero-order chi connectivity index (χ0) is 15.8. The van der Waals surface area contributed by atoms with Gasteiger partial charge in [0.15, 0.2) is 5.65 Å². The van der Waals surface area contributed by atoms with Gasteiger partial charge in [-0.25, -0.2) is 14.8 Å². The molecule has 4 rings (SSSR count). The Morgan fingerprint density at radius 2 is 2.35 bits per heavy atom. The van der Waals surface area contributed by atoms with Gasteiger partial charge in [-0.3, -0.25) is 5.10 Å². The molecule has 3 aromatic rings. The van der Waals surface area contributed by atoms with E-state index in [4.69, 9.17) is 0 Å². The molecule has 1 unspecified atom stereocenters. The number of carbonyl (C=O) groups is 1. The Bertz CT molecular complexity index is 873. The van der Waals surface area contributed by atoms with Gasteiger partial charge in [-0.05, 0) is 19.4 Å². The zero-order valence-corrected chi connectivity index (χ0v) is 12.9. The van der Waals surface area contributed by atoms with Gasteiger partial charge in [-0.2, -0.15) is 5.10 Å². The van der Waals surface area contributed by atoms with Gasteiger partial charge in [0.1, 0.15) is 0 Å². The third kappa shape index (κ3) is 2.28. The molecule has 0 radical (unpaired) electrons. The number of aromatic nitrogens is 4. The third-order valence-electron chi connectivity index (χ3n) is 4.43. The number of hydrogen-bond acceptors (Lipinski definition) is 4. The molecule has 7 heteroatoms. The van der Waals surface area contributed by atoms with Crippen molar-refractivity contribution >= 4 is 27.8 Å². The van der Waals surface area contributed by atoms with Crippen molar-refractivity contribution in [3.05, 3.63) is 30.4 Å². The lowest BCUT2D eigenvalue weighted by molar-refractivity contribution is 0.209. The fourth-order valence-electron chi connectivity index (χ4n) is 3.34. The first-order chi connectivity index (χ1) is 11.3. The largest absolute Gasteiger partial charge is 0.338 e. The second-order valence-corrected chi connectivity index (χ2v) is 5.82. The Labute approximate surface area is 133 Å². The summed E-state index contributed by atoms with van der Waals surface area (Å²) in [4.78, 5) is 22.5. The SMILES string of the molecule is CCNC(=O)N1CCC(c2[nH]ncc3cnc4nccc4c23)C1. The maximum atomic E-state index is 12.0. The number of urea groups is 1. The zero-order valence-electron chi connectivity index (χ0n) is 12.9. The lowest BCUT2D eigenvalue weighted by Gasteiger charge is -2.17. The van der Waals surface area contributed by atoms with Crippen molar-refractivity contribution < 1.29 is 4.79 Å². The molecule has 2 N–H and O–H groups in total. The topological polar surface area (TPSA) is 86.8 Å². The van der Waals surface area contributed by atoms with Crippen LogP contribution in [0.2, 0.25) is 0 Å². The van der Waals surface area contributed by atoms with Gasteiger partial charge in [0, 0.05) is 59.8 Å². The van der Waals surface area contributed by atoms with Crippen LogP contribution in [0.25, 0.3) is 21.8 Å². The van der Waals surface area contributed by atoms with Gasteiger partial charge in [0.05, 0.1) is 6.20 Å². The highest BCUT2D eigenvalue weighted by molar-refractivity contribution is 6.05. The number of aromatic amines is 1. The molecule has 7 nitrogen and oxygen atoms in total. The Hall–Kier alpha value is -2.70. The first kappa shape index (κ1) is 13.9. The maximum Gasteiger partial charge on any atom is 0.317 e. The molecule has 1 atom stereocenters. The molecule has 23 heavy (non-hydrogen) atoms. The van der Waals surface area contributed by atoms with Crippen LogP contribution < -0.4 is 5.32 Å². The summed E-state index contributed by atoms with van der Waals surface area (Å²) in [6.45, 7) is 4.03. The number of rotatable bonds is 2. The molecule has 1 fully saturated rings. The average Bonchev–Trinajstić information content (AvgIpc) is 3.23. The minimum atomic E-state index is 0.00462. The Morgan fingerprint density at radius 3 is 3.22 bits per heavy atom. The van der Waals surface area contributed by atoms with Gasteiger partial charge >= 0.3 is 6.03 Å². The van der Waals surface area contributed by atoms with E-state index in [1.165, 1.54) is 0 Å². The number of H-pyrrole nitrogens is 1. The van der Waals surface area contributed by atoms with Gasteiger partial charge in [0.2, 0.25) is 0 Å². The Morgan fingerprint density at radius 1 is 1.43 bits per heavy atom. The summed E-state index contributed by atoms with van der Waals surface area (Å²) in [7, 11) is 0. The summed E-state index contributed by atoms with van der Waals surface area (Å²) in [5.41, 5.74) is 1.81. The van der Waals surface area contributed by atoms with E-state index in [1.54, 1.807) is 12.4 Å². The van der Waals surface area contributed by atoms with E-state index in [2.05, 4.69) is 25.5 Å². The highest BCUT2D eigenvalue weighted by atomic mass is 16.2. The standard InChI is InChI=1S/C16H18N6O/c1-2-17-16(23)22-6-4-10(9-22)14-13-11(8-20-21-14)7-19-15-12(13)3-5-18-15/h3,5,7-8,10,21H,2,4,6,9H2,1H3,(H,17,23). The predicted molar refractivity (Wildman–Crippen MR) is 87.2 cm³/mol. The summed E-state index contributed by atoms with van der Waals surface area (Å²) >= 11 is 0. The summed E-state index contributed by atoms with van der Waals surface area (Å²) in [5, 5.41) is 13.4. The number of likely N-dealkylation sites (tertiary alicyclic amines) is 1. The molecule has 1 saturated heterocycles. The summed E-state index contributed by atoms with van der Waals surface area (Å²) in [5.74, 6) is 0.245. The van der Waals surface area contributed by atoms with Crippen LogP contribution in [-0.4, -0.2) is 50.7 Å². The smallest absolute Gasteiger partial charge is 0.317 e. The van der Waals surface area contributed by atoms with Crippen LogP contribution in [0.5, 0.6) is 0 Å². The Balaban J connectivity index is 1.75. The van der Waals surface area contributed by atoms with Crippen molar-refractivity contribution in [2.45, 2.75) is 19.3 Å². The van der Waals surface area contributed by atoms with Crippen LogP contribution in [-0.2, 0) is 0 Å². The summed E-state index contributed by atoms with van der Waals surface area (Å²) in [6, 6.07) is 1.99. The molecule has 0 aromatic carbocycles. The van der Waals surface area contributed by atoms with Crippen LogP contribution in [0.15, 0.2) is 24.7 Å². The van der Waals surface area contributed by atoms with Crippen molar-refractivity contribution in [1.29, 1.82) is 0 Å². The molecule has 1 aliphatic heterocycles.